The van der Waals surface area contributed by atoms with Gasteiger partial charge in [0.15, 0.2) is 11.7 Å². The topological polar surface area (TPSA) is 67.6 Å². The molecule has 0 unspecified atom stereocenters. The Balaban J connectivity index is 1.40. The van der Waals surface area contributed by atoms with Gasteiger partial charge in [-0.1, -0.05) is 29.8 Å². The highest BCUT2D eigenvalue weighted by Crippen LogP contribution is 2.34. The van der Waals surface area contributed by atoms with Crippen LogP contribution in [-0.2, 0) is 16.0 Å². The zero-order valence-electron chi connectivity index (χ0n) is 16.2. The van der Waals surface area contributed by atoms with Crippen molar-refractivity contribution in [1.29, 1.82) is 0 Å². The van der Waals surface area contributed by atoms with Crippen LogP contribution in [0.15, 0.2) is 53.1 Å². The van der Waals surface area contributed by atoms with E-state index in [9.17, 15) is 9.18 Å². The van der Waals surface area contributed by atoms with Gasteiger partial charge in [0.05, 0.1) is 41.4 Å². The molecule has 30 heavy (non-hydrogen) atoms. The quantitative estimate of drug-likeness (QED) is 0.623. The molecule has 1 aliphatic heterocycles. The number of benzene rings is 2. The summed E-state index contributed by atoms with van der Waals surface area (Å²) in [5.41, 5.74) is 1.80. The van der Waals surface area contributed by atoms with Crippen LogP contribution in [0.25, 0.3) is 11.3 Å². The van der Waals surface area contributed by atoms with Crippen molar-refractivity contribution in [2.45, 2.75) is 12.8 Å². The van der Waals surface area contributed by atoms with Crippen molar-refractivity contribution in [3.63, 3.8) is 0 Å². The van der Waals surface area contributed by atoms with Crippen LogP contribution in [0.4, 0.5) is 15.8 Å². The summed E-state index contributed by atoms with van der Waals surface area (Å²) >= 11 is 6.40. The van der Waals surface area contributed by atoms with Crippen LogP contribution in [-0.4, -0.2) is 37.2 Å². The lowest BCUT2D eigenvalue weighted by Crippen LogP contribution is -2.37. The monoisotopic (exact) mass is 429 g/mol. The first kappa shape index (κ1) is 20.4. The molecule has 0 spiro atoms. The number of carbonyl (C=O) groups excluding carboxylic acids is 1. The molecule has 156 valence electrons. The summed E-state index contributed by atoms with van der Waals surface area (Å²) in [5.74, 6) is 0.155. The minimum Gasteiger partial charge on any atom is -0.441 e. The van der Waals surface area contributed by atoms with Crippen LogP contribution in [0.1, 0.15) is 12.3 Å². The van der Waals surface area contributed by atoms with E-state index in [0.717, 1.165) is 5.69 Å². The van der Waals surface area contributed by atoms with Crippen LogP contribution >= 0.6 is 11.6 Å². The van der Waals surface area contributed by atoms with Crippen molar-refractivity contribution in [3.05, 3.63) is 65.4 Å². The second-order valence-corrected chi connectivity index (χ2v) is 7.29. The number of para-hydroxylation sites is 1. The first-order chi connectivity index (χ1) is 14.6. The number of nitrogens with one attached hydrogen (secondary N) is 1. The Labute approximate surface area is 178 Å². The molecule has 0 bridgehead atoms. The highest BCUT2D eigenvalue weighted by molar-refractivity contribution is 6.34. The summed E-state index contributed by atoms with van der Waals surface area (Å²) in [6.45, 7) is 2.66. The number of anilines is 2. The highest BCUT2D eigenvalue weighted by atomic mass is 35.5. The third-order valence-corrected chi connectivity index (χ3v) is 5.15. The van der Waals surface area contributed by atoms with Gasteiger partial charge in [-0.2, -0.15) is 0 Å². The van der Waals surface area contributed by atoms with E-state index in [-0.39, 0.29) is 18.1 Å². The second-order valence-electron chi connectivity index (χ2n) is 6.88. The van der Waals surface area contributed by atoms with Gasteiger partial charge in [-0.25, -0.2) is 9.37 Å². The van der Waals surface area contributed by atoms with E-state index in [0.29, 0.717) is 60.6 Å². The Morgan fingerprint density at radius 2 is 1.97 bits per heavy atom. The maximum Gasteiger partial charge on any atom is 0.224 e. The van der Waals surface area contributed by atoms with Crippen LogP contribution in [0.3, 0.4) is 0 Å². The molecule has 1 saturated heterocycles. The van der Waals surface area contributed by atoms with Crippen molar-refractivity contribution >= 4 is 28.9 Å². The van der Waals surface area contributed by atoms with Crippen molar-refractivity contribution in [2.75, 3.05) is 36.5 Å². The summed E-state index contributed by atoms with van der Waals surface area (Å²) in [4.78, 5) is 18.8. The fourth-order valence-electron chi connectivity index (χ4n) is 3.37. The molecule has 1 fully saturated rings. The molecule has 6 nitrogen and oxygen atoms in total. The lowest BCUT2D eigenvalue weighted by atomic mass is 10.2. The fourth-order valence-corrected chi connectivity index (χ4v) is 3.66. The zero-order chi connectivity index (χ0) is 20.9. The summed E-state index contributed by atoms with van der Waals surface area (Å²) in [5, 5.41) is 3.51. The van der Waals surface area contributed by atoms with Gasteiger partial charge in [-0.3, -0.25) is 4.79 Å². The molecule has 2 aromatic carbocycles. The predicted molar refractivity (Wildman–Crippen MR) is 113 cm³/mol. The van der Waals surface area contributed by atoms with Gasteiger partial charge in [-0.05, 0) is 24.3 Å². The second kappa shape index (κ2) is 9.28. The number of morpholine rings is 1. The standard InChI is InChI=1S/C22H21ClFN3O3/c23-16-5-3-7-18(22(16)27-10-12-29-13-11-27)26-20(28)8-9-21-25-14-19(30-21)15-4-1-2-6-17(15)24/h1-7,14H,8-13H2,(H,26,28). The average Bonchev–Trinajstić information content (AvgIpc) is 3.22. The van der Waals surface area contributed by atoms with E-state index in [1.807, 2.05) is 6.07 Å². The molecular weight excluding hydrogens is 409 g/mol. The van der Waals surface area contributed by atoms with Gasteiger partial charge >= 0.3 is 0 Å². The largest absolute Gasteiger partial charge is 0.441 e. The maximum absolute atomic E-state index is 13.9. The molecular formula is C22H21ClFN3O3. The Morgan fingerprint density at radius 1 is 1.17 bits per heavy atom. The van der Waals surface area contributed by atoms with Crippen LogP contribution in [0, 0.1) is 5.82 Å². The maximum atomic E-state index is 13.9. The molecule has 3 aromatic rings. The molecule has 8 heteroatoms. The minimum absolute atomic E-state index is 0.173. The molecule has 1 amide bonds. The van der Waals surface area contributed by atoms with Gasteiger partial charge < -0.3 is 19.4 Å². The first-order valence-electron chi connectivity index (χ1n) is 9.72. The number of rotatable bonds is 6. The molecule has 0 radical (unpaired) electrons. The number of carbonyl (C=O) groups is 1. The zero-order valence-corrected chi connectivity index (χ0v) is 17.0. The van der Waals surface area contributed by atoms with E-state index in [1.54, 1.807) is 30.3 Å². The summed E-state index contributed by atoms with van der Waals surface area (Å²) in [7, 11) is 0. The lowest BCUT2D eigenvalue weighted by Gasteiger charge is -2.31. The highest BCUT2D eigenvalue weighted by Gasteiger charge is 2.19. The van der Waals surface area contributed by atoms with Gasteiger partial charge in [0.25, 0.3) is 0 Å². The van der Waals surface area contributed by atoms with Crippen molar-refractivity contribution < 1.29 is 18.3 Å². The Morgan fingerprint density at radius 3 is 2.77 bits per heavy atom. The van der Waals surface area contributed by atoms with Crippen LogP contribution in [0.2, 0.25) is 5.02 Å². The van der Waals surface area contributed by atoms with Crippen molar-refractivity contribution in [1.82, 2.24) is 4.98 Å². The van der Waals surface area contributed by atoms with E-state index in [4.69, 9.17) is 20.8 Å². The molecule has 4 rings (SSSR count). The number of hydrogen-bond acceptors (Lipinski definition) is 5. The third kappa shape index (κ3) is 4.63. The van der Waals surface area contributed by atoms with Gasteiger partial charge in [0.1, 0.15) is 5.82 Å². The van der Waals surface area contributed by atoms with Crippen molar-refractivity contribution in [2.24, 2.45) is 0 Å². The fraction of sp³-hybridized carbons (Fsp3) is 0.273. The molecule has 1 aromatic heterocycles. The first-order valence-corrected chi connectivity index (χ1v) is 10.1. The average molecular weight is 430 g/mol. The Kier molecular flexibility index (Phi) is 6.30. The van der Waals surface area contributed by atoms with Gasteiger partial charge in [0, 0.05) is 25.9 Å². The number of amides is 1. The molecule has 0 saturated carbocycles. The molecule has 1 aliphatic rings. The van der Waals surface area contributed by atoms with E-state index in [2.05, 4.69) is 15.2 Å². The smallest absolute Gasteiger partial charge is 0.224 e. The summed E-state index contributed by atoms with van der Waals surface area (Å²) in [6.07, 6.45) is 1.94. The van der Waals surface area contributed by atoms with E-state index >= 15 is 0 Å². The van der Waals surface area contributed by atoms with Gasteiger partial charge in [-0.15, -0.1) is 0 Å². The normalized spacial score (nSPS) is 14.0. The lowest BCUT2D eigenvalue weighted by molar-refractivity contribution is -0.116. The predicted octanol–water partition coefficient (Wildman–Crippen LogP) is 4.54. The van der Waals surface area contributed by atoms with Crippen LogP contribution in [0.5, 0.6) is 0 Å². The number of aromatic nitrogens is 1. The minimum atomic E-state index is -0.380. The SMILES string of the molecule is O=C(CCc1ncc(-c2ccccc2F)o1)Nc1cccc(Cl)c1N1CCOCC1. The molecule has 0 atom stereocenters. The Hall–Kier alpha value is -2.90. The Bertz CT molecular complexity index is 1030. The number of aryl methyl sites for hydroxylation is 1. The van der Waals surface area contributed by atoms with E-state index in [1.165, 1.54) is 12.3 Å². The number of oxazole rings is 1. The summed E-state index contributed by atoms with van der Waals surface area (Å²) in [6, 6.07) is 11.8. The molecule has 0 aliphatic carbocycles. The van der Waals surface area contributed by atoms with Gasteiger partial charge in [0.2, 0.25) is 5.91 Å². The molecule has 1 N–H and O–H groups in total. The third-order valence-electron chi connectivity index (χ3n) is 4.85. The number of nitrogens with zero attached hydrogens (tertiary/aromatic N) is 2. The molecule has 2 heterocycles. The number of ether oxygens (including phenoxy) is 1. The van der Waals surface area contributed by atoms with E-state index < -0.39 is 0 Å². The van der Waals surface area contributed by atoms with Crippen molar-refractivity contribution in [3.8, 4) is 11.3 Å². The van der Waals surface area contributed by atoms with Crippen LogP contribution < -0.4 is 10.2 Å². The number of halogens is 2. The summed E-state index contributed by atoms with van der Waals surface area (Å²) < 4.78 is 24.9. The number of hydrogen-bond donors (Lipinski definition) is 1.